The molecule has 0 aliphatic rings. The Hall–Kier alpha value is -2.04. The molecule has 0 unspecified atom stereocenters. The lowest BCUT2D eigenvalue weighted by Crippen LogP contribution is -2.17. The second-order valence-electron chi connectivity index (χ2n) is 5.91. The monoisotopic (exact) mass is 473 g/mol. The molecule has 0 aliphatic carbocycles. The van der Waals surface area contributed by atoms with Gasteiger partial charge in [-0.15, -0.1) is 11.3 Å². The summed E-state index contributed by atoms with van der Waals surface area (Å²) in [7, 11) is 1.90. The average Bonchev–Trinajstić information content (AvgIpc) is 3.26. The molecule has 0 bridgehead atoms. The highest BCUT2D eigenvalue weighted by Gasteiger charge is 2.15. The maximum Gasteiger partial charge on any atom is 0.387 e. The number of alkyl halides is 2. The Morgan fingerprint density at radius 1 is 1.25 bits per heavy atom. The molecule has 0 amide bonds. The highest BCUT2D eigenvalue weighted by molar-refractivity contribution is 9.10. The van der Waals surface area contributed by atoms with E-state index in [0.29, 0.717) is 31.4 Å². The Balaban J connectivity index is 1.65. The number of benzene rings is 1. The highest BCUT2D eigenvalue weighted by Crippen LogP contribution is 2.31. The fourth-order valence-corrected chi connectivity index (χ4v) is 3.91. The largest absolute Gasteiger partial charge is 0.490 e. The third kappa shape index (κ3) is 5.49. The molecule has 3 rings (SSSR count). The van der Waals surface area contributed by atoms with Crippen LogP contribution in [0.1, 0.15) is 18.4 Å². The third-order valence-electron chi connectivity index (χ3n) is 3.64. The molecule has 2 aromatic heterocycles. The van der Waals surface area contributed by atoms with E-state index in [0.717, 1.165) is 14.9 Å². The van der Waals surface area contributed by atoms with Gasteiger partial charge >= 0.3 is 6.61 Å². The summed E-state index contributed by atoms with van der Waals surface area (Å²) < 4.78 is 41.2. The fraction of sp³-hybridized carbons (Fsp3) is 0.333. The third-order valence-corrected chi connectivity index (χ3v) is 5.32. The predicted octanol–water partition coefficient (Wildman–Crippen LogP) is 5.19. The molecule has 0 aliphatic heterocycles. The Morgan fingerprint density at radius 3 is 2.75 bits per heavy atom. The second-order valence-corrected chi connectivity index (χ2v) is 7.73. The summed E-state index contributed by atoms with van der Waals surface area (Å²) in [5.74, 6) is 1.35. The molecule has 3 aromatic rings. The van der Waals surface area contributed by atoms with Gasteiger partial charge in [0.25, 0.3) is 0 Å². The normalized spacial score (nSPS) is 11.4. The van der Waals surface area contributed by atoms with Crippen LogP contribution in [0.2, 0.25) is 0 Å². The first kappa shape index (κ1) is 20.7. The van der Waals surface area contributed by atoms with E-state index in [1.165, 1.54) is 17.4 Å². The van der Waals surface area contributed by atoms with Crippen molar-refractivity contribution >= 4 is 27.3 Å². The van der Waals surface area contributed by atoms with Crippen molar-refractivity contribution in [2.75, 3.05) is 13.7 Å². The van der Waals surface area contributed by atoms with Gasteiger partial charge in [0.05, 0.1) is 18.0 Å². The highest BCUT2D eigenvalue weighted by atomic mass is 79.9. The molecule has 10 heteroatoms. The van der Waals surface area contributed by atoms with Crippen LogP contribution in [0.15, 0.2) is 38.6 Å². The number of rotatable bonds is 9. The van der Waals surface area contributed by atoms with E-state index < -0.39 is 6.61 Å². The number of hydrogen-bond acceptors (Lipinski definition) is 7. The first-order valence-corrected chi connectivity index (χ1v) is 10.1. The zero-order valence-corrected chi connectivity index (χ0v) is 17.6. The van der Waals surface area contributed by atoms with E-state index in [1.54, 1.807) is 19.1 Å². The molecule has 0 radical (unpaired) electrons. The fourth-order valence-electron chi connectivity index (χ4n) is 2.56. The Labute approximate surface area is 173 Å². The number of ether oxygens (including phenoxy) is 2. The van der Waals surface area contributed by atoms with Crippen LogP contribution in [0.3, 0.4) is 0 Å². The van der Waals surface area contributed by atoms with Crippen LogP contribution >= 0.6 is 27.3 Å². The number of hydrogen-bond donors (Lipinski definition) is 0. The van der Waals surface area contributed by atoms with Crippen molar-refractivity contribution in [3.8, 4) is 22.2 Å². The van der Waals surface area contributed by atoms with Gasteiger partial charge in [-0.25, -0.2) is 0 Å². The molecule has 0 saturated carbocycles. The summed E-state index contributed by atoms with van der Waals surface area (Å²) >= 11 is 4.93. The van der Waals surface area contributed by atoms with Crippen molar-refractivity contribution in [3.05, 3.63) is 45.6 Å². The van der Waals surface area contributed by atoms with Crippen molar-refractivity contribution in [3.63, 3.8) is 0 Å². The number of aromatic nitrogens is 2. The van der Waals surface area contributed by atoms with Gasteiger partial charge in [-0.05, 0) is 53.7 Å². The summed E-state index contributed by atoms with van der Waals surface area (Å²) in [5.41, 5.74) is 0.884. The predicted molar refractivity (Wildman–Crippen MR) is 105 cm³/mol. The Morgan fingerprint density at radius 2 is 2.07 bits per heavy atom. The molecule has 0 atom stereocenters. The summed E-state index contributed by atoms with van der Waals surface area (Å²) in [6, 6.07) is 6.83. The van der Waals surface area contributed by atoms with Gasteiger partial charge in [0, 0.05) is 16.4 Å². The maximum atomic E-state index is 12.5. The first-order chi connectivity index (χ1) is 13.4. The minimum absolute atomic E-state index is 0.0203. The molecule has 0 N–H and O–H groups in total. The van der Waals surface area contributed by atoms with Gasteiger partial charge in [-0.1, -0.05) is 11.2 Å². The second kappa shape index (κ2) is 9.44. The van der Waals surface area contributed by atoms with E-state index >= 15 is 0 Å². The van der Waals surface area contributed by atoms with Crippen LogP contribution in [-0.2, 0) is 13.1 Å². The van der Waals surface area contributed by atoms with E-state index in [4.69, 9.17) is 9.26 Å². The van der Waals surface area contributed by atoms with Crippen LogP contribution in [0.25, 0.3) is 10.7 Å². The lowest BCUT2D eigenvalue weighted by atomic mass is 10.2. The SMILES string of the molecule is CCOc1cc(CN(C)Cc2nc(-c3cc(Br)cs3)no2)ccc1OC(F)F. The number of halogens is 3. The van der Waals surface area contributed by atoms with Crippen molar-refractivity contribution in [2.24, 2.45) is 0 Å². The molecule has 1 aromatic carbocycles. The minimum atomic E-state index is -2.90. The van der Waals surface area contributed by atoms with Crippen LogP contribution < -0.4 is 9.47 Å². The standard InChI is InChI=1S/C18H18BrF2N3O3S/c1-3-25-14-6-11(4-5-13(14)26-18(20)21)8-24(2)9-16-22-17(23-27-16)15-7-12(19)10-28-15/h4-7,10,18H,3,8-9H2,1-2H3. The van der Waals surface area contributed by atoms with Gasteiger partial charge in [0.1, 0.15) is 0 Å². The summed E-state index contributed by atoms with van der Waals surface area (Å²) in [6.07, 6.45) is 0. The van der Waals surface area contributed by atoms with Crippen molar-refractivity contribution in [1.29, 1.82) is 0 Å². The topological polar surface area (TPSA) is 60.6 Å². The average molecular weight is 474 g/mol. The zero-order valence-electron chi connectivity index (χ0n) is 15.2. The summed E-state index contributed by atoms with van der Waals surface area (Å²) in [6.45, 7) is 0.214. The van der Waals surface area contributed by atoms with Gasteiger partial charge in [-0.3, -0.25) is 4.90 Å². The zero-order chi connectivity index (χ0) is 20.1. The Bertz CT molecular complexity index is 919. The van der Waals surface area contributed by atoms with Gasteiger partial charge < -0.3 is 14.0 Å². The smallest absolute Gasteiger partial charge is 0.387 e. The lowest BCUT2D eigenvalue weighted by molar-refractivity contribution is -0.0514. The molecular weight excluding hydrogens is 456 g/mol. The van der Waals surface area contributed by atoms with Crippen LogP contribution in [0.4, 0.5) is 8.78 Å². The van der Waals surface area contributed by atoms with E-state index in [1.807, 2.05) is 23.4 Å². The summed E-state index contributed by atoms with van der Waals surface area (Å²) in [4.78, 5) is 7.30. The van der Waals surface area contributed by atoms with E-state index in [9.17, 15) is 8.78 Å². The van der Waals surface area contributed by atoms with Crippen molar-refractivity contribution < 1.29 is 22.8 Å². The molecular formula is C18H18BrF2N3O3S. The molecule has 6 nitrogen and oxygen atoms in total. The number of thiophene rings is 1. The Kier molecular flexibility index (Phi) is 6.97. The summed E-state index contributed by atoms with van der Waals surface area (Å²) in [5, 5.41) is 5.96. The van der Waals surface area contributed by atoms with Crippen LogP contribution in [-0.4, -0.2) is 35.3 Å². The maximum absolute atomic E-state index is 12.5. The van der Waals surface area contributed by atoms with E-state index in [-0.39, 0.29) is 11.5 Å². The number of nitrogens with zero attached hydrogens (tertiary/aromatic N) is 3. The van der Waals surface area contributed by atoms with Gasteiger partial charge in [0.2, 0.25) is 11.7 Å². The van der Waals surface area contributed by atoms with Crippen molar-refractivity contribution in [2.45, 2.75) is 26.6 Å². The van der Waals surface area contributed by atoms with Crippen molar-refractivity contribution in [1.82, 2.24) is 15.0 Å². The molecule has 0 fully saturated rings. The molecule has 2 heterocycles. The van der Waals surface area contributed by atoms with Gasteiger partial charge in [0.15, 0.2) is 11.5 Å². The molecule has 0 saturated heterocycles. The van der Waals surface area contributed by atoms with Crippen LogP contribution in [0.5, 0.6) is 11.5 Å². The van der Waals surface area contributed by atoms with E-state index in [2.05, 4.69) is 30.8 Å². The van der Waals surface area contributed by atoms with Gasteiger partial charge in [-0.2, -0.15) is 13.8 Å². The minimum Gasteiger partial charge on any atom is -0.490 e. The molecule has 150 valence electrons. The quantitative estimate of drug-likeness (QED) is 0.425. The first-order valence-electron chi connectivity index (χ1n) is 8.40. The molecule has 0 spiro atoms. The molecule has 28 heavy (non-hydrogen) atoms. The lowest BCUT2D eigenvalue weighted by Gasteiger charge is -2.16. The van der Waals surface area contributed by atoms with Crippen LogP contribution in [0, 0.1) is 0 Å².